The van der Waals surface area contributed by atoms with Crippen molar-refractivity contribution in [2.75, 3.05) is 5.32 Å². The molecule has 3 aromatic rings. The molecule has 0 aliphatic heterocycles. The van der Waals surface area contributed by atoms with Crippen LogP contribution in [0.25, 0.3) is 5.65 Å². The van der Waals surface area contributed by atoms with Gasteiger partial charge in [-0.2, -0.15) is 14.5 Å². The van der Waals surface area contributed by atoms with Crippen LogP contribution in [0.5, 0.6) is 0 Å². The standard InChI is InChI=1S/C14H16N6O2/c1-9(11-8-18(3)17-10(11)2)15-13-14(20(21)22)19-7-5-4-6-12(19)16-13/h4-9,15H,1-3H3. The molecule has 0 spiro atoms. The first kappa shape index (κ1) is 14.1. The molecule has 0 saturated heterocycles. The topological polar surface area (TPSA) is 90.3 Å². The zero-order chi connectivity index (χ0) is 15.9. The minimum Gasteiger partial charge on any atom is -0.358 e. The lowest BCUT2D eigenvalue weighted by atomic mass is 10.1. The number of pyridine rings is 1. The fraction of sp³-hybridized carbons (Fsp3) is 0.286. The van der Waals surface area contributed by atoms with Gasteiger partial charge in [0.1, 0.15) is 0 Å². The summed E-state index contributed by atoms with van der Waals surface area (Å²) >= 11 is 0. The second-order valence-corrected chi connectivity index (χ2v) is 5.18. The van der Waals surface area contributed by atoms with Crippen LogP contribution in [0.15, 0.2) is 30.6 Å². The number of fused-ring (bicyclic) bond motifs is 1. The maximum atomic E-state index is 11.4. The molecule has 114 valence electrons. The number of rotatable bonds is 4. The molecule has 0 amide bonds. The summed E-state index contributed by atoms with van der Waals surface area (Å²) in [5, 5.41) is 18.8. The Labute approximate surface area is 126 Å². The van der Waals surface area contributed by atoms with Gasteiger partial charge in [-0.05, 0) is 24.8 Å². The zero-order valence-electron chi connectivity index (χ0n) is 12.5. The smallest absolute Gasteiger partial charge is 0.358 e. The molecule has 0 radical (unpaired) electrons. The third kappa shape index (κ3) is 2.28. The van der Waals surface area contributed by atoms with Crippen LogP contribution < -0.4 is 5.32 Å². The number of nitro groups is 1. The molecule has 0 aliphatic rings. The molecule has 1 N–H and O–H groups in total. The number of hydrogen-bond donors (Lipinski definition) is 1. The number of nitrogens with one attached hydrogen (secondary N) is 1. The van der Waals surface area contributed by atoms with Gasteiger partial charge in [0.2, 0.25) is 11.5 Å². The number of nitrogens with zero attached hydrogens (tertiary/aromatic N) is 5. The van der Waals surface area contributed by atoms with E-state index in [2.05, 4.69) is 15.4 Å². The van der Waals surface area contributed by atoms with Gasteiger partial charge in [0.25, 0.3) is 0 Å². The summed E-state index contributed by atoms with van der Waals surface area (Å²) in [7, 11) is 1.84. The van der Waals surface area contributed by atoms with E-state index in [1.807, 2.05) is 27.1 Å². The van der Waals surface area contributed by atoms with Crippen molar-refractivity contribution in [3.8, 4) is 0 Å². The molecule has 22 heavy (non-hydrogen) atoms. The molecular formula is C14H16N6O2. The van der Waals surface area contributed by atoms with Gasteiger partial charge < -0.3 is 15.4 Å². The fourth-order valence-corrected chi connectivity index (χ4v) is 2.58. The summed E-state index contributed by atoms with van der Waals surface area (Å²) in [6, 6.07) is 5.13. The molecule has 1 atom stereocenters. The first-order valence-corrected chi connectivity index (χ1v) is 6.85. The summed E-state index contributed by atoms with van der Waals surface area (Å²) in [6.45, 7) is 3.84. The molecule has 8 heteroatoms. The van der Waals surface area contributed by atoms with Crippen molar-refractivity contribution in [3.63, 3.8) is 0 Å². The molecule has 3 rings (SSSR count). The Bertz CT molecular complexity index is 850. The Morgan fingerprint density at radius 3 is 2.82 bits per heavy atom. The number of aryl methyl sites for hydroxylation is 2. The van der Waals surface area contributed by atoms with Crippen LogP contribution in [-0.2, 0) is 7.05 Å². The monoisotopic (exact) mass is 300 g/mol. The highest BCUT2D eigenvalue weighted by molar-refractivity contribution is 5.62. The summed E-state index contributed by atoms with van der Waals surface area (Å²) in [5.41, 5.74) is 2.40. The van der Waals surface area contributed by atoms with Crippen molar-refractivity contribution in [3.05, 3.63) is 52.0 Å². The third-order valence-corrected chi connectivity index (χ3v) is 3.55. The van der Waals surface area contributed by atoms with E-state index < -0.39 is 4.92 Å². The lowest BCUT2D eigenvalue weighted by molar-refractivity contribution is -0.389. The average Bonchev–Trinajstić information content (AvgIpc) is 2.97. The quantitative estimate of drug-likeness (QED) is 0.590. The Balaban J connectivity index is 2.01. The van der Waals surface area contributed by atoms with Crippen molar-refractivity contribution in [1.82, 2.24) is 19.2 Å². The summed E-state index contributed by atoms with van der Waals surface area (Å²) < 4.78 is 3.19. The largest absolute Gasteiger partial charge is 0.372 e. The van der Waals surface area contributed by atoms with Gasteiger partial charge in [-0.1, -0.05) is 6.07 Å². The summed E-state index contributed by atoms with van der Waals surface area (Å²) in [6.07, 6.45) is 3.53. The van der Waals surface area contributed by atoms with E-state index in [0.29, 0.717) is 5.65 Å². The minimum absolute atomic E-state index is 0.0657. The maximum absolute atomic E-state index is 11.4. The molecule has 3 heterocycles. The first-order valence-electron chi connectivity index (χ1n) is 6.85. The highest BCUT2D eigenvalue weighted by atomic mass is 16.6. The van der Waals surface area contributed by atoms with Crippen LogP contribution in [-0.4, -0.2) is 24.1 Å². The Morgan fingerprint density at radius 1 is 1.41 bits per heavy atom. The lowest BCUT2D eigenvalue weighted by Crippen LogP contribution is -2.09. The molecule has 3 aromatic heterocycles. The number of aromatic nitrogens is 4. The zero-order valence-corrected chi connectivity index (χ0v) is 12.5. The van der Waals surface area contributed by atoms with Gasteiger partial charge in [-0.15, -0.1) is 0 Å². The van der Waals surface area contributed by atoms with Crippen LogP contribution >= 0.6 is 0 Å². The highest BCUT2D eigenvalue weighted by Gasteiger charge is 2.24. The second-order valence-electron chi connectivity index (χ2n) is 5.18. The van der Waals surface area contributed by atoms with Crippen LogP contribution in [0, 0.1) is 17.0 Å². The predicted octanol–water partition coefficient (Wildman–Crippen LogP) is 2.46. The third-order valence-electron chi connectivity index (χ3n) is 3.55. The minimum atomic E-state index is -0.425. The van der Waals surface area contributed by atoms with Crippen LogP contribution in [0.2, 0.25) is 0 Å². The van der Waals surface area contributed by atoms with Gasteiger partial charge in [0.05, 0.1) is 17.9 Å². The van der Waals surface area contributed by atoms with Crippen molar-refractivity contribution < 1.29 is 4.92 Å². The fourth-order valence-electron chi connectivity index (χ4n) is 2.58. The van der Waals surface area contributed by atoms with Gasteiger partial charge in [-0.25, -0.2) is 0 Å². The van der Waals surface area contributed by atoms with E-state index in [-0.39, 0.29) is 17.7 Å². The normalized spacial score (nSPS) is 12.5. The van der Waals surface area contributed by atoms with Gasteiger partial charge in [0, 0.05) is 24.9 Å². The van der Waals surface area contributed by atoms with E-state index in [1.165, 1.54) is 4.40 Å². The van der Waals surface area contributed by atoms with Crippen molar-refractivity contribution in [1.29, 1.82) is 0 Å². The SMILES string of the molecule is Cc1nn(C)cc1C(C)Nc1nc2ccccn2c1[N+](=O)[O-]. The van der Waals surface area contributed by atoms with E-state index in [1.54, 1.807) is 29.1 Å². The molecule has 0 aliphatic carbocycles. The highest BCUT2D eigenvalue weighted by Crippen LogP contribution is 2.29. The second kappa shape index (κ2) is 5.14. The van der Waals surface area contributed by atoms with Crippen molar-refractivity contribution in [2.24, 2.45) is 7.05 Å². The molecular weight excluding hydrogens is 284 g/mol. The molecule has 0 saturated carbocycles. The van der Waals surface area contributed by atoms with Crippen LogP contribution in [0.4, 0.5) is 11.6 Å². The Morgan fingerprint density at radius 2 is 2.18 bits per heavy atom. The number of anilines is 1. The van der Waals surface area contributed by atoms with Gasteiger partial charge >= 0.3 is 5.82 Å². The average molecular weight is 300 g/mol. The lowest BCUT2D eigenvalue weighted by Gasteiger charge is -2.12. The van der Waals surface area contributed by atoms with E-state index >= 15 is 0 Å². The van der Waals surface area contributed by atoms with Gasteiger partial charge in [-0.3, -0.25) is 4.68 Å². The van der Waals surface area contributed by atoms with Crippen molar-refractivity contribution >= 4 is 17.3 Å². The Hall–Kier alpha value is -2.90. The van der Waals surface area contributed by atoms with Crippen molar-refractivity contribution in [2.45, 2.75) is 19.9 Å². The molecule has 0 fully saturated rings. The van der Waals surface area contributed by atoms with E-state index in [4.69, 9.17) is 0 Å². The van der Waals surface area contributed by atoms with Crippen LogP contribution in [0.1, 0.15) is 24.2 Å². The maximum Gasteiger partial charge on any atom is 0.372 e. The van der Waals surface area contributed by atoms with Crippen LogP contribution in [0.3, 0.4) is 0 Å². The van der Waals surface area contributed by atoms with E-state index in [0.717, 1.165) is 11.3 Å². The molecule has 8 nitrogen and oxygen atoms in total. The van der Waals surface area contributed by atoms with E-state index in [9.17, 15) is 10.1 Å². The molecule has 0 aromatic carbocycles. The molecule has 1 unspecified atom stereocenters. The Kier molecular flexibility index (Phi) is 3.28. The molecule has 0 bridgehead atoms. The van der Waals surface area contributed by atoms with Gasteiger partial charge in [0.15, 0.2) is 0 Å². The number of hydrogen-bond acceptors (Lipinski definition) is 5. The predicted molar refractivity (Wildman–Crippen MR) is 81.8 cm³/mol. The summed E-state index contributed by atoms with van der Waals surface area (Å²) in [5.74, 6) is 0.191. The first-order chi connectivity index (χ1) is 10.5. The summed E-state index contributed by atoms with van der Waals surface area (Å²) in [4.78, 5) is 15.3. The number of imidazole rings is 1.